The molecule has 0 aliphatic carbocycles. The Morgan fingerprint density at radius 1 is 1.14 bits per heavy atom. The topological polar surface area (TPSA) is 72.3 Å². The van der Waals surface area contributed by atoms with Gasteiger partial charge in [0.25, 0.3) is 0 Å². The van der Waals surface area contributed by atoms with Gasteiger partial charge in [0.15, 0.2) is 6.61 Å². The summed E-state index contributed by atoms with van der Waals surface area (Å²) in [7, 11) is 0. The van der Waals surface area contributed by atoms with Crippen LogP contribution in [0.5, 0.6) is 5.75 Å². The number of benzene rings is 2. The van der Waals surface area contributed by atoms with Gasteiger partial charge < -0.3 is 9.84 Å². The molecular formula is C20H19F3N2O3S. The number of hydrogen-bond donors (Lipinski definition) is 1. The Bertz CT molecular complexity index is 1020. The summed E-state index contributed by atoms with van der Waals surface area (Å²) in [6, 6.07) is 9.79. The summed E-state index contributed by atoms with van der Waals surface area (Å²) in [5.41, 5.74) is 2.77. The van der Waals surface area contributed by atoms with Gasteiger partial charge in [-0.3, -0.25) is 4.79 Å². The lowest BCUT2D eigenvalue weighted by molar-refractivity contribution is -0.153. The molecule has 0 fully saturated rings. The second kappa shape index (κ2) is 8.36. The van der Waals surface area contributed by atoms with Crippen molar-refractivity contribution in [3.63, 3.8) is 0 Å². The predicted octanol–water partition coefficient (Wildman–Crippen LogP) is 5.51. The summed E-state index contributed by atoms with van der Waals surface area (Å²) in [5.74, 6) is -1.77. The Morgan fingerprint density at radius 2 is 1.86 bits per heavy atom. The van der Waals surface area contributed by atoms with E-state index in [9.17, 15) is 23.1 Å². The molecule has 0 bridgehead atoms. The molecule has 1 N–H and O–H groups in total. The van der Waals surface area contributed by atoms with Crippen molar-refractivity contribution in [2.75, 3.05) is 6.61 Å². The second-order valence-electron chi connectivity index (χ2n) is 7.15. The van der Waals surface area contributed by atoms with Gasteiger partial charge in [-0.15, -0.1) is 0 Å². The molecule has 2 aromatic carbocycles. The SMILES string of the molecule is CC(C)CC(C(=O)O)c1ccc(-c2ccc3nsnc3c2)c(OCC(F)(F)F)c1. The van der Waals surface area contributed by atoms with Crippen molar-refractivity contribution in [1.29, 1.82) is 0 Å². The molecular weight excluding hydrogens is 405 g/mol. The van der Waals surface area contributed by atoms with Crippen molar-refractivity contribution in [2.24, 2.45) is 5.92 Å². The first-order valence-electron chi connectivity index (χ1n) is 8.93. The first kappa shape index (κ1) is 21.0. The van der Waals surface area contributed by atoms with E-state index < -0.39 is 24.7 Å². The third kappa shape index (κ3) is 5.23. The Labute approximate surface area is 169 Å². The Kier molecular flexibility index (Phi) is 6.07. The molecule has 0 aliphatic heterocycles. The molecule has 0 spiro atoms. The van der Waals surface area contributed by atoms with Gasteiger partial charge in [-0.25, -0.2) is 0 Å². The van der Waals surface area contributed by atoms with Gasteiger partial charge >= 0.3 is 12.1 Å². The summed E-state index contributed by atoms with van der Waals surface area (Å²) < 4.78 is 51.6. The smallest absolute Gasteiger partial charge is 0.422 e. The lowest BCUT2D eigenvalue weighted by Gasteiger charge is -2.19. The van der Waals surface area contributed by atoms with Gasteiger partial charge in [0, 0.05) is 5.56 Å². The number of carbonyl (C=O) groups is 1. The van der Waals surface area contributed by atoms with E-state index in [1.165, 1.54) is 6.07 Å². The molecule has 0 saturated heterocycles. The summed E-state index contributed by atoms with van der Waals surface area (Å²) in [6.07, 6.45) is -4.15. The van der Waals surface area contributed by atoms with Crippen LogP contribution >= 0.6 is 11.7 Å². The van der Waals surface area contributed by atoms with Crippen molar-refractivity contribution in [3.05, 3.63) is 42.0 Å². The fourth-order valence-corrected chi connectivity index (χ4v) is 3.59. The number of hydrogen-bond acceptors (Lipinski definition) is 5. The second-order valence-corrected chi connectivity index (χ2v) is 7.68. The molecule has 5 nitrogen and oxygen atoms in total. The highest BCUT2D eigenvalue weighted by Crippen LogP contribution is 2.36. The molecule has 0 radical (unpaired) electrons. The standard InChI is InChI=1S/C20H19F3N2O3S/c1-11(2)7-15(19(26)27)13-3-5-14(18(9-13)28-10-20(21,22)23)12-4-6-16-17(8-12)25-29-24-16/h3-6,8-9,11,15H,7,10H2,1-2H3,(H,26,27). The zero-order chi connectivity index (χ0) is 21.2. The first-order valence-corrected chi connectivity index (χ1v) is 9.66. The minimum absolute atomic E-state index is 0.0163. The lowest BCUT2D eigenvalue weighted by Crippen LogP contribution is -2.20. The maximum atomic E-state index is 12.8. The Balaban J connectivity index is 2.05. The number of rotatable bonds is 7. The molecule has 1 heterocycles. The van der Waals surface area contributed by atoms with E-state index in [0.717, 1.165) is 11.7 Å². The van der Waals surface area contributed by atoms with Crippen molar-refractivity contribution in [3.8, 4) is 16.9 Å². The number of nitrogens with zero attached hydrogens (tertiary/aromatic N) is 2. The number of alkyl halides is 3. The fraction of sp³-hybridized carbons (Fsp3) is 0.350. The molecule has 9 heteroatoms. The summed E-state index contributed by atoms with van der Waals surface area (Å²) in [6.45, 7) is 2.32. The minimum atomic E-state index is -4.51. The average Bonchev–Trinajstić information content (AvgIpc) is 3.11. The van der Waals surface area contributed by atoms with Crippen molar-refractivity contribution < 1.29 is 27.8 Å². The zero-order valence-corrected chi connectivity index (χ0v) is 16.5. The van der Waals surface area contributed by atoms with E-state index in [0.29, 0.717) is 34.1 Å². The highest BCUT2D eigenvalue weighted by molar-refractivity contribution is 7.00. The maximum absolute atomic E-state index is 12.8. The highest BCUT2D eigenvalue weighted by atomic mass is 32.1. The van der Waals surface area contributed by atoms with Crippen LogP contribution in [0, 0.1) is 5.92 Å². The number of aliphatic carboxylic acids is 1. The molecule has 1 aromatic heterocycles. The average molecular weight is 424 g/mol. The lowest BCUT2D eigenvalue weighted by atomic mass is 9.89. The van der Waals surface area contributed by atoms with Crippen LogP contribution in [0.4, 0.5) is 13.2 Å². The number of carboxylic acids is 1. The van der Waals surface area contributed by atoms with Gasteiger partial charge in [-0.05, 0) is 41.7 Å². The molecule has 1 unspecified atom stereocenters. The van der Waals surface area contributed by atoms with Crippen LogP contribution in [0.2, 0.25) is 0 Å². The molecule has 0 saturated carbocycles. The number of fused-ring (bicyclic) bond motifs is 1. The van der Waals surface area contributed by atoms with Gasteiger partial charge in [0.2, 0.25) is 0 Å². The maximum Gasteiger partial charge on any atom is 0.422 e. The molecule has 3 aromatic rings. The number of halogens is 3. The number of aromatic nitrogens is 2. The van der Waals surface area contributed by atoms with Gasteiger partial charge in [-0.2, -0.15) is 21.9 Å². The van der Waals surface area contributed by atoms with E-state index in [2.05, 4.69) is 8.75 Å². The highest BCUT2D eigenvalue weighted by Gasteiger charge is 2.29. The van der Waals surface area contributed by atoms with Crippen LogP contribution in [-0.4, -0.2) is 32.6 Å². The Morgan fingerprint density at radius 3 is 2.52 bits per heavy atom. The van der Waals surface area contributed by atoms with Crippen LogP contribution in [0.3, 0.4) is 0 Å². The third-order valence-corrected chi connectivity index (χ3v) is 4.93. The van der Waals surface area contributed by atoms with E-state index in [4.69, 9.17) is 4.74 Å². The molecule has 29 heavy (non-hydrogen) atoms. The van der Waals surface area contributed by atoms with Gasteiger partial charge in [-0.1, -0.05) is 32.0 Å². The van der Waals surface area contributed by atoms with Gasteiger partial charge in [0.1, 0.15) is 16.8 Å². The van der Waals surface area contributed by atoms with E-state index >= 15 is 0 Å². The third-order valence-electron chi connectivity index (χ3n) is 4.37. The summed E-state index contributed by atoms with van der Waals surface area (Å²) >= 11 is 1.04. The molecule has 154 valence electrons. The van der Waals surface area contributed by atoms with Crippen molar-refractivity contribution >= 4 is 28.7 Å². The zero-order valence-electron chi connectivity index (χ0n) is 15.7. The first-order chi connectivity index (χ1) is 13.6. The van der Waals surface area contributed by atoms with Crippen LogP contribution in [0.25, 0.3) is 22.2 Å². The van der Waals surface area contributed by atoms with E-state index in [1.54, 1.807) is 30.3 Å². The van der Waals surface area contributed by atoms with Crippen LogP contribution in [0.15, 0.2) is 36.4 Å². The van der Waals surface area contributed by atoms with Crippen LogP contribution in [0.1, 0.15) is 31.7 Å². The normalized spacial score (nSPS) is 13.0. The number of ether oxygens (including phenoxy) is 1. The molecule has 3 rings (SSSR count). The monoisotopic (exact) mass is 424 g/mol. The minimum Gasteiger partial charge on any atom is -0.483 e. The quantitative estimate of drug-likeness (QED) is 0.541. The summed E-state index contributed by atoms with van der Waals surface area (Å²) in [5, 5.41) is 9.57. The largest absolute Gasteiger partial charge is 0.483 e. The van der Waals surface area contributed by atoms with E-state index in [-0.39, 0.29) is 11.7 Å². The molecule has 0 aliphatic rings. The number of carboxylic acid groups (broad SMARTS) is 1. The van der Waals surface area contributed by atoms with Crippen LogP contribution < -0.4 is 4.74 Å². The van der Waals surface area contributed by atoms with E-state index in [1.807, 2.05) is 13.8 Å². The summed E-state index contributed by atoms with van der Waals surface area (Å²) in [4.78, 5) is 11.7. The van der Waals surface area contributed by atoms with Crippen molar-refractivity contribution in [1.82, 2.24) is 8.75 Å². The molecule has 1 atom stereocenters. The Hall–Kier alpha value is -2.68. The fourth-order valence-electron chi connectivity index (χ4n) is 3.07. The van der Waals surface area contributed by atoms with Crippen LogP contribution in [-0.2, 0) is 4.79 Å². The predicted molar refractivity (Wildman–Crippen MR) is 104 cm³/mol. The van der Waals surface area contributed by atoms with Gasteiger partial charge in [0.05, 0.1) is 17.6 Å². The molecule has 0 amide bonds. The van der Waals surface area contributed by atoms with Crippen molar-refractivity contribution in [2.45, 2.75) is 32.4 Å².